The molecule has 0 fully saturated rings. The molecule has 1 aromatic rings. The van der Waals surface area contributed by atoms with Gasteiger partial charge in [0, 0.05) is 23.1 Å². The van der Waals surface area contributed by atoms with Crippen molar-refractivity contribution in [2.75, 3.05) is 7.11 Å². The predicted molar refractivity (Wildman–Crippen MR) is 70.4 cm³/mol. The molecule has 0 saturated carbocycles. The maximum Gasteiger partial charge on any atom is 0.182 e. The molecular formula is C15H12O3. The van der Waals surface area contributed by atoms with Gasteiger partial charge in [-0.25, -0.2) is 0 Å². The zero-order valence-corrected chi connectivity index (χ0v) is 10.2. The smallest absolute Gasteiger partial charge is 0.182 e. The number of methoxy groups -OCH3 is 1. The molecule has 1 aromatic carbocycles. The van der Waals surface area contributed by atoms with Crippen molar-refractivity contribution in [1.29, 1.82) is 0 Å². The number of aryl methyl sites for hydroxylation is 1. The molecule has 0 radical (unpaired) electrons. The van der Waals surface area contributed by atoms with Crippen LogP contribution in [-0.4, -0.2) is 7.11 Å². The fourth-order valence-electron chi connectivity index (χ4n) is 2.18. The van der Waals surface area contributed by atoms with Crippen LogP contribution in [0, 0.1) is 6.92 Å². The summed E-state index contributed by atoms with van der Waals surface area (Å²) in [6.07, 6.45) is 0. The summed E-state index contributed by atoms with van der Waals surface area (Å²) in [7, 11) is 1.62. The van der Waals surface area contributed by atoms with E-state index in [1.165, 1.54) is 6.07 Å². The van der Waals surface area contributed by atoms with Crippen LogP contribution in [0.15, 0.2) is 45.6 Å². The maximum absolute atomic E-state index is 11.4. The van der Waals surface area contributed by atoms with E-state index in [1.54, 1.807) is 19.2 Å². The number of hydrogen-bond acceptors (Lipinski definition) is 3. The summed E-state index contributed by atoms with van der Waals surface area (Å²) in [6, 6.07) is 10.6. The molecule has 0 atom stereocenters. The molecule has 0 bridgehead atoms. The number of benzene rings is 2. The average molecular weight is 240 g/mol. The van der Waals surface area contributed by atoms with E-state index in [9.17, 15) is 4.79 Å². The molecule has 1 heterocycles. The topological polar surface area (TPSA) is 39.4 Å². The first-order chi connectivity index (χ1) is 8.69. The van der Waals surface area contributed by atoms with E-state index in [4.69, 9.17) is 9.15 Å². The van der Waals surface area contributed by atoms with Gasteiger partial charge in [-0.3, -0.25) is 4.79 Å². The molecule has 0 saturated heterocycles. The Balaban J connectivity index is 2.45. The van der Waals surface area contributed by atoms with Crippen LogP contribution in [0.25, 0.3) is 22.3 Å². The van der Waals surface area contributed by atoms with Crippen molar-refractivity contribution in [2.24, 2.45) is 0 Å². The van der Waals surface area contributed by atoms with Gasteiger partial charge in [-0.05, 0) is 36.8 Å². The van der Waals surface area contributed by atoms with Crippen molar-refractivity contribution in [2.45, 2.75) is 6.92 Å². The second kappa shape index (κ2) is 3.88. The van der Waals surface area contributed by atoms with Gasteiger partial charge in [0.25, 0.3) is 0 Å². The Labute approximate surface area is 104 Å². The van der Waals surface area contributed by atoms with Crippen LogP contribution >= 0.6 is 0 Å². The molecule has 0 N–H and O–H groups in total. The van der Waals surface area contributed by atoms with E-state index < -0.39 is 0 Å². The Morgan fingerprint density at radius 2 is 1.94 bits per heavy atom. The quantitative estimate of drug-likeness (QED) is 0.613. The van der Waals surface area contributed by atoms with Crippen LogP contribution in [0.2, 0.25) is 0 Å². The number of ether oxygens (including phenoxy) is 1. The Hall–Kier alpha value is -2.29. The Morgan fingerprint density at radius 3 is 2.72 bits per heavy atom. The fraction of sp³-hybridized carbons (Fsp3) is 0.133. The van der Waals surface area contributed by atoms with Gasteiger partial charge in [0.15, 0.2) is 5.43 Å². The lowest BCUT2D eigenvalue weighted by atomic mass is 10.0. The van der Waals surface area contributed by atoms with Crippen LogP contribution in [-0.2, 0) is 0 Å². The first-order valence-corrected chi connectivity index (χ1v) is 5.70. The minimum atomic E-state index is -0.0482. The van der Waals surface area contributed by atoms with Gasteiger partial charge in [-0.2, -0.15) is 0 Å². The highest BCUT2D eigenvalue weighted by atomic mass is 16.5. The highest BCUT2D eigenvalue weighted by Crippen LogP contribution is 2.33. The normalized spacial score (nSPS) is 11.0. The van der Waals surface area contributed by atoms with E-state index in [2.05, 4.69) is 0 Å². The summed E-state index contributed by atoms with van der Waals surface area (Å²) < 4.78 is 10.9. The van der Waals surface area contributed by atoms with Gasteiger partial charge in [-0.1, -0.05) is 0 Å². The molecule has 3 nitrogen and oxygen atoms in total. The van der Waals surface area contributed by atoms with Crippen molar-refractivity contribution in [3.8, 4) is 17.1 Å². The van der Waals surface area contributed by atoms with Crippen LogP contribution < -0.4 is 10.2 Å². The Bertz CT molecular complexity index is 755. The van der Waals surface area contributed by atoms with Gasteiger partial charge < -0.3 is 9.15 Å². The molecule has 90 valence electrons. The SMILES string of the molecule is COc1ccc2c(C)c3ccc(=O)cc-3oc2c1. The molecule has 1 aliphatic heterocycles. The zero-order valence-electron chi connectivity index (χ0n) is 10.2. The molecular weight excluding hydrogens is 228 g/mol. The lowest BCUT2D eigenvalue weighted by Gasteiger charge is -2.11. The van der Waals surface area contributed by atoms with Crippen LogP contribution in [0.5, 0.6) is 5.75 Å². The maximum atomic E-state index is 11.4. The van der Waals surface area contributed by atoms with Crippen LogP contribution in [0.3, 0.4) is 0 Å². The van der Waals surface area contributed by atoms with Gasteiger partial charge in [0.2, 0.25) is 0 Å². The second-order valence-corrected chi connectivity index (χ2v) is 4.25. The first kappa shape index (κ1) is 10.8. The second-order valence-electron chi connectivity index (χ2n) is 4.25. The molecule has 3 heteroatoms. The molecule has 0 amide bonds. The van der Waals surface area contributed by atoms with Gasteiger partial charge in [-0.15, -0.1) is 0 Å². The summed E-state index contributed by atoms with van der Waals surface area (Å²) in [5, 5.41) is 1.03. The van der Waals surface area contributed by atoms with Crippen LogP contribution in [0.1, 0.15) is 5.56 Å². The highest BCUT2D eigenvalue weighted by Gasteiger charge is 2.12. The van der Waals surface area contributed by atoms with E-state index in [1.807, 2.05) is 25.1 Å². The molecule has 2 aliphatic rings. The Morgan fingerprint density at radius 1 is 1.11 bits per heavy atom. The third-order valence-electron chi connectivity index (χ3n) is 3.17. The number of fused-ring (bicyclic) bond motifs is 2. The first-order valence-electron chi connectivity index (χ1n) is 5.70. The highest BCUT2D eigenvalue weighted by molar-refractivity contribution is 5.88. The summed E-state index contributed by atoms with van der Waals surface area (Å²) in [5.74, 6) is 1.35. The summed E-state index contributed by atoms with van der Waals surface area (Å²) in [5.41, 5.74) is 2.75. The molecule has 0 spiro atoms. The standard InChI is InChI=1S/C15H12O3/c1-9-12-5-3-10(16)7-14(12)18-15-8-11(17-2)4-6-13(9)15/h3-8H,1-2H3. The number of hydrogen-bond donors (Lipinski definition) is 0. The molecule has 1 aliphatic carbocycles. The van der Waals surface area contributed by atoms with Crippen LogP contribution in [0.4, 0.5) is 0 Å². The lowest BCUT2D eigenvalue weighted by molar-refractivity contribution is 0.414. The van der Waals surface area contributed by atoms with Gasteiger partial charge in [0.1, 0.15) is 17.1 Å². The zero-order chi connectivity index (χ0) is 12.7. The van der Waals surface area contributed by atoms with Gasteiger partial charge in [0.05, 0.1) is 7.11 Å². The summed E-state index contributed by atoms with van der Waals surface area (Å²) >= 11 is 0. The van der Waals surface area contributed by atoms with Gasteiger partial charge >= 0.3 is 0 Å². The van der Waals surface area contributed by atoms with Crippen molar-refractivity contribution < 1.29 is 9.15 Å². The Kier molecular flexibility index (Phi) is 2.33. The summed E-state index contributed by atoms with van der Waals surface area (Å²) in [6.45, 7) is 2.02. The van der Waals surface area contributed by atoms with Crippen molar-refractivity contribution in [3.63, 3.8) is 0 Å². The minimum Gasteiger partial charge on any atom is -0.497 e. The van der Waals surface area contributed by atoms with E-state index in [-0.39, 0.29) is 5.43 Å². The monoisotopic (exact) mass is 240 g/mol. The van der Waals surface area contributed by atoms with Crippen molar-refractivity contribution >= 4 is 11.0 Å². The minimum absolute atomic E-state index is 0.0482. The largest absolute Gasteiger partial charge is 0.497 e. The van der Waals surface area contributed by atoms with E-state index in [0.717, 1.165) is 27.8 Å². The molecule has 0 aromatic heterocycles. The molecule has 0 unspecified atom stereocenters. The van der Waals surface area contributed by atoms with Crippen molar-refractivity contribution in [3.05, 3.63) is 52.2 Å². The fourth-order valence-corrected chi connectivity index (χ4v) is 2.18. The molecule has 3 rings (SSSR count). The predicted octanol–water partition coefficient (Wildman–Crippen LogP) is 3.21. The summed E-state index contributed by atoms with van der Waals surface area (Å²) in [4.78, 5) is 11.4. The lowest BCUT2D eigenvalue weighted by Crippen LogP contribution is -1.99. The third-order valence-corrected chi connectivity index (χ3v) is 3.17. The van der Waals surface area contributed by atoms with E-state index >= 15 is 0 Å². The molecule has 18 heavy (non-hydrogen) atoms. The third kappa shape index (κ3) is 1.56. The number of rotatable bonds is 1. The average Bonchev–Trinajstić information content (AvgIpc) is 2.38. The van der Waals surface area contributed by atoms with E-state index in [0.29, 0.717) is 5.76 Å². The van der Waals surface area contributed by atoms with Crippen molar-refractivity contribution in [1.82, 2.24) is 0 Å².